The maximum absolute atomic E-state index is 13.2. The Morgan fingerprint density at radius 2 is 2.08 bits per heavy atom. The molecule has 0 saturated carbocycles. The van der Waals surface area contributed by atoms with Gasteiger partial charge in [-0.25, -0.2) is 9.18 Å². The zero-order valence-corrected chi connectivity index (χ0v) is 14.0. The topological polar surface area (TPSA) is 44.8 Å². The Hall–Kier alpha value is -1.66. The zero-order chi connectivity index (χ0) is 16.8. The fourth-order valence-electron chi connectivity index (χ4n) is 3.35. The lowest BCUT2D eigenvalue weighted by atomic mass is 10.1. The number of amides is 2. The van der Waals surface area contributed by atoms with Crippen LogP contribution >= 0.6 is 0 Å². The smallest absolute Gasteiger partial charge is 0.321 e. The van der Waals surface area contributed by atoms with Gasteiger partial charge in [-0.15, -0.1) is 0 Å². The van der Waals surface area contributed by atoms with Crippen molar-refractivity contribution in [2.45, 2.75) is 31.8 Å². The first-order valence-electron chi connectivity index (χ1n) is 8.86. The Morgan fingerprint density at radius 1 is 1.25 bits per heavy atom. The van der Waals surface area contributed by atoms with E-state index in [9.17, 15) is 9.18 Å². The molecule has 3 rings (SSSR count). The Labute approximate surface area is 142 Å². The lowest BCUT2D eigenvalue weighted by Gasteiger charge is -2.26. The largest absolute Gasteiger partial charge is 0.375 e. The van der Waals surface area contributed by atoms with Crippen LogP contribution < -0.4 is 5.32 Å². The van der Waals surface area contributed by atoms with Crippen LogP contribution in [0, 0.1) is 5.82 Å². The Morgan fingerprint density at radius 3 is 2.88 bits per heavy atom. The monoisotopic (exact) mass is 335 g/mol. The molecule has 2 heterocycles. The number of urea groups is 1. The molecule has 2 fully saturated rings. The van der Waals surface area contributed by atoms with Gasteiger partial charge in [-0.1, -0.05) is 12.5 Å². The lowest BCUT2D eigenvalue weighted by molar-refractivity contribution is 0.0416. The van der Waals surface area contributed by atoms with Crippen LogP contribution in [0.1, 0.15) is 25.7 Å². The number of ether oxygens (including phenoxy) is 1. The molecule has 2 aliphatic rings. The molecule has 24 heavy (non-hydrogen) atoms. The number of nitrogens with zero attached hydrogens (tertiary/aromatic N) is 2. The number of piperidine rings is 1. The second kappa shape index (κ2) is 8.44. The average molecular weight is 335 g/mol. The summed E-state index contributed by atoms with van der Waals surface area (Å²) in [7, 11) is 0. The number of carbonyl (C=O) groups is 1. The number of rotatable bonds is 5. The third-order valence-electron chi connectivity index (χ3n) is 4.72. The summed E-state index contributed by atoms with van der Waals surface area (Å²) in [5, 5.41) is 2.74. The molecule has 0 spiro atoms. The van der Waals surface area contributed by atoms with E-state index < -0.39 is 0 Å². The van der Waals surface area contributed by atoms with Crippen molar-refractivity contribution in [2.75, 3.05) is 44.6 Å². The number of anilines is 1. The number of halogens is 1. The maximum atomic E-state index is 13.2. The quantitative estimate of drug-likeness (QED) is 0.900. The molecule has 2 saturated heterocycles. The second-order valence-corrected chi connectivity index (χ2v) is 6.57. The van der Waals surface area contributed by atoms with E-state index in [1.54, 1.807) is 17.0 Å². The zero-order valence-electron chi connectivity index (χ0n) is 14.0. The first kappa shape index (κ1) is 17.2. The van der Waals surface area contributed by atoms with Crippen LogP contribution in [0.15, 0.2) is 24.3 Å². The summed E-state index contributed by atoms with van der Waals surface area (Å²) in [5.74, 6) is -0.354. The predicted molar refractivity (Wildman–Crippen MR) is 91.6 cm³/mol. The van der Waals surface area contributed by atoms with Crippen LogP contribution in [0.4, 0.5) is 14.9 Å². The average Bonchev–Trinajstić information content (AvgIpc) is 3.05. The van der Waals surface area contributed by atoms with Gasteiger partial charge in [-0.3, -0.25) is 0 Å². The van der Waals surface area contributed by atoms with Gasteiger partial charge in [0, 0.05) is 25.3 Å². The Balaban J connectivity index is 1.37. The van der Waals surface area contributed by atoms with Gasteiger partial charge in [0.25, 0.3) is 0 Å². The molecule has 0 radical (unpaired) electrons. The van der Waals surface area contributed by atoms with E-state index in [-0.39, 0.29) is 18.0 Å². The number of hydrogen-bond acceptors (Lipinski definition) is 3. The molecular formula is C18H26FN3O2. The number of hydrogen-bond donors (Lipinski definition) is 1. The van der Waals surface area contributed by atoms with Crippen molar-refractivity contribution in [1.29, 1.82) is 0 Å². The molecular weight excluding hydrogens is 309 g/mol. The van der Waals surface area contributed by atoms with Crippen LogP contribution in [0.2, 0.25) is 0 Å². The van der Waals surface area contributed by atoms with Crippen molar-refractivity contribution in [1.82, 2.24) is 9.80 Å². The van der Waals surface area contributed by atoms with Crippen molar-refractivity contribution in [3.63, 3.8) is 0 Å². The fraction of sp³-hybridized carbons (Fsp3) is 0.611. The summed E-state index contributed by atoms with van der Waals surface area (Å²) in [4.78, 5) is 16.4. The van der Waals surface area contributed by atoms with Gasteiger partial charge < -0.3 is 19.9 Å². The third-order valence-corrected chi connectivity index (χ3v) is 4.72. The van der Waals surface area contributed by atoms with E-state index in [2.05, 4.69) is 10.2 Å². The molecule has 1 aromatic carbocycles. The van der Waals surface area contributed by atoms with Crippen molar-refractivity contribution < 1.29 is 13.9 Å². The summed E-state index contributed by atoms with van der Waals surface area (Å²) < 4.78 is 19.1. The van der Waals surface area contributed by atoms with E-state index in [1.165, 1.54) is 44.5 Å². The number of carbonyl (C=O) groups excluding carboxylic acids is 1. The van der Waals surface area contributed by atoms with Crippen molar-refractivity contribution >= 4 is 11.7 Å². The van der Waals surface area contributed by atoms with Gasteiger partial charge in [0.2, 0.25) is 0 Å². The molecule has 1 atom stereocenters. The van der Waals surface area contributed by atoms with Gasteiger partial charge in [0.15, 0.2) is 0 Å². The summed E-state index contributed by atoms with van der Waals surface area (Å²) in [6, 6.07) is 5.76. The Bertz CT molecular complexity index is 549. The van der Waals surface area contributed by atoms with Gasteiger partial charge in [0.1, 0.15) is 5.82 Å². The highest BCUT2D eigenvalue weighted by atomic mass is 19.1. The maximum Gasteiger partial charge on any atom is 0.321 e. The van der Waals surface area contributed by atoms with Gasteiger partial charge in [-0.2, -0.15) is 0 Å². The highest BCUT2D eigenvalue weighted by Crippen LogP contribution is 2.16. The molecule has 0 bridgehead atoms. The van der Waals surface area contributed by atoms with E-state index in [0.29, 0.717) is 18.8 Å². The molecule has 6 heteroatoms. The summed E-state index contributed by atoms with van der Waals surface area (Å²) >= 11 is 0. The normalized spacial score (nSPS) is 21.9. The number of benzene rings is 1. The van der Waals surface area contributed by atoms with Crippen LogP contribution in [-0.2, 0) is 4.74 Å². The van der Waals surface area contributed by atoms with Crippen LogP contribution in [-0.4, -0.2) is 61.3 Å². The second-order valence-electron chi connectivity index (χ2n) is 6.57. The van der Waals surface area contributed by atoms with E-state index in [1.807, 2.05) is 0 Å². The molecule has 0 aromatic heterocycles. The van der Waals surface area contributed by atoms with Crippen LogP contribution in [0.25, 0.3) is 0 Å². The molecule has 132 valence electrons. The number of likely N-dealkylation sites (tertiary alicyclic amines) is 2. The summed E-state index contributed by atoms with van der Waals surface area (Å²) in [5.41, 5.74) is 0.481. The van der Waals surface area contributed by atoms with Crippen molar-refractivity contribution in [3.05, 3.63) is 30.1 Å². The summed E-state index contributed by atoms with van der Waals surface area (Å²) in [6.07, 6.45) is 4.88. The SMILES string of the molecule is O=C(Nc1cccc(F)c1)N1CC[C@H](OCCN2CCCCC2)C1. The molecule has 0 aliphatic carbocycles. The van der Waals surface area contributed by atoms with Gasteiger partial charge in [-0.05, 0) is 50.6 Å². The molecule has 2 aliphatic heterocycles. The molecule has 0 unspecified atom stereocenters. The molecule has 2 amide bonds. The van der Waals surface area contributed by atoms with Crippen LogP contribution in [0.3, 0.4) is 0 Å². The third kappa shape index (κ3) is 4.92. The van der Waals surface area contributed by atoms with E-state index in [0.717, 1.165) is 19.6 Å². The first-order valence-corrected chi connectivity index (χ1v) is 8.86. The predicted octanol–water partition coefficient (Wildman–Crippen LogP) is 2.93. The molecule has 5 nitrogen and oxygen atoms in total. The fourth-order valence-corrected chi connectivity index (χ4v) is 3.35. The summed E-state index contributed by atoms with van der Waals surface area (Å²) in [6.45, 7) is 5.33. The van der Waals surface area contributed by atoms with E-state index in [4.69, 9.17) is 4.74 Å². The van der Waals surface area contributed by atoms with Gasteiger partial charge in [0.05, 0.1) is 12.7 Å². The molecule has 1 N–H and O–H groups in total. The minimum Gasteiger partial charge on any atom is -0.375 e. The van der Waals surface area contributed by atoms with Crippen LogP contribution in [0.5, 0.6) is 0 Å². The van der Waals surface area contributed by atoms with Crippen molar-refractivity contribution in [3.8, 4) is 0 Å². The minimum absolute atomic E-state index is 0.105. The minimum atomic E-state index is -0.354. The van der Waals surface area contributed by atoms with Gasteiger partial charge >= 0.3 is 6.03 Å². The number of nitrogens with one attached hydrogen (secondary N) is 1. The highest BCUT2D eigenvalue weighted by molar-refractivity contribution is 5.89. The Kier molecular flexibility index (Phi) is 6.04. The first-order chi connectivity index (χ1) is 11.7. The lowest BCUT2D eigenvalue weighted by Crippen LogP contribution is -2.35. The highest BCUT2D eigenvalue weighted by Gasteiger charge is 2.27. The molecule has 1 aromatic rings. The standard InChI is InChI=1S/C18H26FN3O2/c19-15-5-4-6-16(13-15)20-18(23)22-10-7-17(14-22)24-12-11-21-8-2-1-3-9-21/h4-6,13,17H,1-3,7-12,14H2,(H,20,23)/t17-/m0/s1. The van der Waals surface area contributed by atoms with Crippen molar-refractivity contribution in [2.24, 2.45) is 0 Å². The van der Waals surface area contributed by atoms with E-state index >= 15 is 0 Å².